The number of rotatable bonds is 9. The molecule has 0 aliphatic carbocycles. The number of aromatic nitrogens is 2. The summed E-state index contributed by atoms with van der Waals surface area (Å²) < 4.78 is 6.81. The van der Waals surface area contributed by atoms with E-state index in [9.17, 15) is 19.7 Å². The highest BCUT2D eigenvalue weighted by Crippen LogP contribution is 2.30. The summed E-state index contributed by atoms with van der Waals surface area (Å²) in [6, 6.07) is 11.1. The molecule has 0 saturated heterocycles. The molecule has 0 spiro atoms. The van der Waals surface area contributed by atoms with Crippen LogP contribution >= 0.6 is 11.8 Å². The van der Waals surface area contributed by atoms with Crippen LogP contribution < -0.4 is 15.6 Å². The van der Waals surface area contributed by atoms with Crippen molar-refractivity contribution in [3.05, 3.63) is 62.9 Å². The van der Waals surface area contributed by atoms with Crippen LogP contribution in [0.4, 0.5) is 11.4 Å². The van der Waals surface area contributed by atoms with Crippen molar-refractivity contribution in [1.29, 1.82) is 0 Å². The van der Waals surface area contributed by atoms with Crippen molar-refractivity contribution in [2.45, 2.75) is 43.6 Å². The number of unbranched alkanes of at least 4 members (excludes halogenated alkanes) is 1. The Labute approximate surface area is 189 Å². The average Bonchev–Trinajstić information content (AvgIpc) is 2.78. The van der Waals surface area contributed by atoms with Crippen LogP contribution in [0.3, 0.4) is 0 Å². The number of amides is 1. The summed E-state index contributed by atoms with van der Waals surface area (Å²) in [5.41, 5.74) is 0.472. The third-order valence-corrected chi connectivity index (χ3v) is 5.96. The lowest BCUT2D eigenvalue weighted by molar-refractivity contribution is -0.384. The first-order valence-corrected chi connectivity index (χ1v) is 11.0. The minimum Gasteiger partial charge on any atom is -0.495 e. The van der Waals surface area contributed by atoms with Gasteiger partial charge in [-0.1, -0.05) is 37.2 Å². The number of nitro groups is 1. The second-order valence-corrected chi connectivity index (χ2v) is 8.42. The Bertz CT molecular complexity index is 1210. The van der Waals surface area contributed by atoms with E-state index in [1.165, 1.54) is 37.1 Å². The minimum absolute atomic E-state index is 0.139. The highest BCUT2D eigenvalue weighted by Gasteiger charge is 2.21. The maximum absolute atomic E-state index is 13.0. The number of nitrogens with zero attached hydrogens (tertiary/aromatic N) is 3. The number of carbonyl (C=O) groups excluding carboxylic acids is 1. The summed E-state index contributed by atoms with van der Waals surface area (Å²) in [7, 11) is 1.42. The van der Waals surface area contributed by atoms with Gasteiger partial charge in [0.05, 0.1) is 33.9 Å². The standard InChI is InChI=1S/C22H24N4O5S/c1-4-5-12-25-21(28)16-8-6-7-9-17(16)24-22(25)32-14(2)20(27)23-18-13-15(26(29)30)10-11-19(18)31-3/h6-11,13-14H,4-5,12H2,1-3H3,(H,23,27). The number of benzene rings is 2. The van der Waals surface area contributed by atoms with E-state index in [-0.39, 0.29) is 16.9 Å². The van der Waals surface area contributed by atoms with Crippen molar-refractivity contribution in [2.75, 3.05) is 12.4 Å². The summed E-state index contributed by atoms with van der Waals surface area (Å²) in [5, 5.41) is 14.1. The second kappa shape index (κ2) is 10.3. The van der Waals surface area contributed by atoms with Crippen LogP contribution in [0.5, 0.6) is 5.75 Å². The van der Waals surface area contributed by atoms with Gasteiger partial charge in [0.1, 0.15) is 5.75 Å². The Morgan fingerprint density at radius 3 is 2.75 bits per heavy atom. The van der Waals surface area contributed by atoms with Gasteiger partial charge in [0.2, 0.25) is 5.91 Å². The van der Waals surface area contributed by atoms with Gasteiger partial charge in [0.15, 0.2) is 5.16 Å². The zero-order valence-electron chi connectivity index (χ0n) is 18.0. The zero-order valence-corrected chi connectivity index (χ0v) is 18.8. The van der Waals surface area contributed by atoms with E-state index in [0.29, 0.717) is 28.4 Å². The van der Waals surface area contributed by atoms with Gasteiger partial charge in [0.25, 0.3) is 11.2 Å². The normalized spacial score (nSPS) is 11.8. The monoisotopic (exact) mass is 456 g/mol. The summed E-state index contributed by atoms with van der Waals surface area (Å²) in [5.74, 6) is -0.0805. The Morgan fingerprint density at radius 2 is 2.06 bits per heavy atom. The smallest absolute Gasteiger partial charge is 0.271 e. The minimum atomic E-state index is -0.625. The molecule has 1 amide bonds. The fourth-order valence-corrected chi connectivity index (χ4v) is 4.04. The number of hydrogen-bond donors (Lipinski definition) is 1. The molecule has 1 N–H and O–H groups in total. The summed E-state index contributed by atoms with van der Waals surface area (Å²) in [4.78, 5) is 41.0. The number of hydrogen-bond acceptors (Lipinski definition) is 7. The zero-order chi connectivity index (χ0) is 23.3. The topological polar surface area (TPSA) is 116 Å². The lowest BCUT2D eigenvalue weighted by Gasteiger charge is -2.17. The maximum Gasteiger partial charge on any atom is 0.271 e. The van der Waals surface area contributed by atoms with Crippen LogP contribution in [0.25, 0.3) is 10.9 Å². The van der Waals surface area contributed by atoms with E-state index in [1.54, 1.807) is 29.7 Å². The summed E-state index contributed by atoms with van der Waals surface area (Å²) in [6.45, 7) is 4.23. The molecule has 0 aliphatic heterocycles. The molecule has 168 valence electrons. The molecule has 32 heavy (non-hydrogen) atoms. The Kier molecular flexibility index (Phi) is 7.47. The number of nitrogens with one attached hydrogen (secondary N) is 1. The van der Waals surface area contributed by atoms with Crippen molar-refractivity contribution in [3.63, 3.8) is 0 Å². The number of para-hydroxylation sites is 1. The first-order valence-electron chi connectivity index (χ1n) is 10.1. The van der Waals surface area contributed by atoms with Gasteiger partial charge in [-0.3, -0.25) is 24.3 Å². The average molecular weight is 457 g/mol. The molecule has 2 aromatic carbocycles. The van der Waals surface area contributed by atoms with Crippen molar-refractivity contribution in [1.82, 2.24) is 9.55 Å². The molecule has 9 nitrogen and oxygen atoms in total. The van der Waals surface area contributed by atoms with Crippen LogP contribution in [0.2, 0.25) is 0 Å². The Balaban J connectivity index is 1.89. The molecule has 0 saturated carbocycles. The number of anilines is 1. The lowest BCUT2D eigenvalue weighted by Crippen LogP contribution is -2.27. The SMILES string of the molecule is CCCCn1c(SC(C)C(=O)Nc2cc([N+](=O)[O-])ccc2OC)nc2ccccc2c1=O. The second-order valence-electron chi connectivity index (χ2n) is 7.11. The van der Waals surface area contributed by atoms with Crippen LogP contribution in [0, 0.1) is 10.1 Å². The first kappa shape index (κ1) is 23.3. The molecule has 3 aromatic rings. The highest BCUT2D eigenvalue weighted by molar-refractivity contribution is 8.00. The van der Waals surface area contributed by atoms with E-state index in [1.807, 2.05) is 13.0 Å². The molecule has 0 fully saturated rings. The van der Waals surface area contributed by atoms with Crippen LogP contribution in [0.15, 0.2) is 52.4 Å². The summed E-state index contributed by atoms with van der Waals surface area (Å²) >= 11 is 1.17. The van der Waals surface area contributed by atoms with Gasteiger partial charge in [-0.25, -0.2) is 4.98 Å². The van der Waals surface area contributed by atoms with Gasteiger partial charge in [-0.2, -0.15) is 0 Å². The van der Waals surface area contributed by atoms with Crippen LogP contribution in [0.1, 0.15) is 26.7 Å². The van der Waals surface area contributed by atoms with Crippen molar-refractivity contribution >= 4 is 39.9 Å². The Morgan fingerprint density at radius 1 is 1.31 bits per heavy atom. The third-order valence-electron chi connectivity index (χ3n) is 4.87. The molecule has 1 heterocycles. The summed E-state index contributed by atoms with van der Waals surface area (Å²) in [6.07, 6.45) is 1.71. The Hall–Kier alpha value is -3.40. The number of ether oxygens (including phenoxy) is 1. The van der Waals surface area contributed by atoms with Crippen LogP contribution in [-0.2, 0) is 11.3 Å². The molecule has 1 atom stereocenters. The van der Waals surface area contributed by atoms with E-state index >= 15 is 0 Å². The third kappa shape index (κ3) is 5.08. The van der Waals surface area contributed by atoms with E-state index < -0.39 is 16.1 Å². The predicted molar refractivity (Wildman–Crippen MR) is 125 cm³/mol. The van der Waals surface area contributed by atoms with Gasteiger partial charge in [-0.15, -0.1) is 0 Å². The lowest BCUT2D eigenvalue weighted by atomic mass is 10.2. The highest BCUT2D eigenvalue weighted by atomic mass is 32.2. The molecule has 0 radical (unpaired) electrons. The van der Waals surface area contributed by atoms with Crippen LogP contribution in [-0.4, -0.2) is 32.7 Å². The first-order chi connectivity index (χ1) is 15.3. The number of thioether (sulfide) groups is 1. The largest absolute Gasteiger partial charge is 0.495 e. The number of nitro benzene ring substituents is 1. The van der Waals surface area contributed by atoms with E-state index in [4.69, 9.17) is 4.74 Å². The molecular formula is C22H24N4O5S. The molecule has 1 unspecified atom stereocenters. The fourth-order valence-electron chi connectivity index (χ4n) is 3.10. The van der Waals surface area contributed by atoms with E-state index in [2.05, 4.69) is 10.3 Å². The van der Waals surface area contributed by atoms with Gasteiger partial charge >= 0.3 is 0 Å². The van der Waals surface area contributed by atoms with Gasteiger partial charge in [0, 0.05) is 18.7 Å². The van der Waals surface area contributed by atoms with Crippen molar-refractivity contribution in [2.24, 2.45) is 0 Å². The molecular weight excluding hydrogens is 432 g/mol. The quantitative estimate of drug-likeness (QED) is 0.222. The van der Waals surface area contributed by atoms with E-state index in [0.717, 1.165) is 12.8 Å². The maximum atomic E-state index is 13.0. The number of non-ortho nitro benzene ring substituents is 1. The van der Waals surface area contributed by atoms with Crippen molar-refractivity contribution < 1.29 is 14.5 Å². The predicted octanol–water partition coefficient (Wildman–Crippen LogP) is 4.23. The molecule has 10 heteroatoms. The van der Waals surface area contributed by atoms with Crippen molar-refractivity contribution in [3.8, 4) is 5.75 Å². The molecule has 0 aliphatic rings. The number of methoxy groups -OCH3 is 1. The fraction of sp³-hybridized carbons (Fsp3) is 0.318. The number of fused-ring (bicyclic) bond motifs is 1. The van der Waals surface area contributed by atoms with Gasteiger partial charge < -0.3 is 10.1 Å². The van der Waals surface area contributed by atoms with Gasteiger partial charge in [-0.05, 0) is 31.5 Å². The molecule has 1 aromatic heterocycles. The number of carbonyl (C=O) groups is 1. The molecule has 0 bridgehead atoms. The molecule has 3 rings (SSSR count).